The summed E-state index contributed by atoms with van der Waals surface area (Å²) < 4.78 is 0. The molecule has 170 valence electrons. The number of aromatic nitrogens is 2. The van der Waals surface area contributed by atoms with Crippen LogP contribution in [0.4, 0.5) is 5.69 Å². The predicted octanol–water partition coefficient (Wildman–Crippen LogP) is 3.89. The van der Waals surface area contributed by atoms with Gasteiger partial charge in [0.05, 0.1) is 17.4 Å². The van der Waals surface area contributed by atoms with Gasteiger partial charge in [0, 0.05) is 30.8 Å². The highest BCUT2D eigenvalue weighted by molar-refractivity contribution is 5.99. The average Bonchev–Trinajstić information content (AvgIpc) is 3.30. The first kappa shape index (κ1) is 21.6. The molecule has 0 radical (unpaired) electrons. The van der Waals surface area contributed by atoms with Gasteiger partial charge < -0.3 is 14.8 Å². The smallest absolute Gasteiger partial charge is 0.258 e. The molecule has 7 heteroatoms. The number of anilines is 1. The van der Waals surface area contributed by atoms with Crippen molar-refractivity contribution < 1.29 is 9.59 Å². The second-order valence-electron chi connectivity index (χ2n) is 8.38. The summed E-state index contributed by atoms with van der Waals surface area (Å²) in [4.78, 5) is 49.2. The highest BCUT2D eigenvalue weighted by Gasteiger charge is 2.24. The molecular formula is C27H24N4O3. The van der Waals surface area contributed by atoms with Crippen molar-refractivity contribution in [3.8, 4) is 0 Å². The Kier molecular flexibility index (Phi) is 5.91. The molecule has 0 spiro atoms. The van der Waals surface area contributed by atoms with E-state index in [1.54, 1.807) is 46.2 Å². The number of carbonyl (C=O) groups is 2. The summed E-state index contributed by atoms with van der Waals surface area (Å²) in [7, 11) is 0. The van der Waals surface area contributed by atoms with Crippen molar-refractivity contribution in [1.82, 2.24) is 14.9 Å². The van der Waals surface area contributed by atoms with Crippen molar-refractivity contribution in [3.63, 3.8) is 0 Å². The first-order chi connectivity index (χ1) is 16.6. The molecule has 5 rings (SSSR count). The summed E-state index contributed by atoms with van der Waals surface area (Å²) in [6, 6.07) is 24.0. The van der Waals surface area contributed by atoms with Crippen LogP contribution in [0.5, 0.6) is 0 Å². The molecule has 1 fully saturated rings. The summed E-state index contributed by atoms with van der Waals surface area (Å²) in [5.74, 6) is 0.288. The van der Waals surface area contributed by atoms with Gasteiger partial charge in [0.25, 0.3) is 11.5 Å². The number of carbonyl (C=O) groups excluding carboxylic acids is 2. The molecule has 34 heavy (non-hydrogen) atoms. The topological polar surface area (TPSA) is 86.4 Å². The van der Waals surface area contributed by atoms with Gasteiger partial charge in [-0.05, 0) is 42.3 Å². The molecule has 2 heterocycles. The predicted molar refractivity (Wildman–Crippen MR) is 130 cm³/mol. The van der Waals surface area contributed by atoms with Crippen molar-refractivity contribution in [3.05, 3.63) is 106 Å². The van der Waals surface area contributed by atoms with Gasteiger partial charge in [0.15, 0.2) is 0 Å². The molecule has 2 amide bonds. The van der Waals surface area contributed by atoms with Gasteiger partial charge in [-0.15, -0.1) is 0 Å². The Balaban J connectivity index is 1.48. The highest BCUT2D eigenvalue weighted by atomic mass is 16.2. The minimum atomic E-state index is -0.234. The third kappa shape index (κ3) is 4.45. The first-order valence-electron chi connectivity index (χ1n) is 11.3. The summed E-state index contributed by atoms with van der Waals surface area (Å²) in [5.41, 5.74) is 2.52. The summed E-state index contributed by atoms with van der Waals surface area (Å²) in [6.45, 7) is 1.15. The minimum absolute atomic E-state index is 0.0729. The maximum absolute atomic E-state index is 13.7. The van der Waals surface area contributed by atoms with Crippen LogP contribution in [0.1, 0.15) is 34.6 Å². The number of fused-ring (bicyclic) bond motifs is 1. The van der Waals surface area contributed by atoms with Crippen LogP contribution in [0.3, 0.4) is 0 Å². The van der Waals surface area contributed by atoms with Crippen molar-refractivity contribution in [2.24, 2.45) is 0 Å². The number of hydrogen-bond donors (Lipinski definition) is 1. The minimum Gasteiger partial charge on any atom is -0.327 e. The van der Waals surface area contributed by atoms with E-state index in [-0.39, 0.29) is 23.9 Å². The van der Waals surface area contributed by atoms with Crippen LogP contribution in [0.2, 0.25) is 0 Å². The van der Waals surface area contributed by atoms with Crippen molar-refractivity contribution >= 4 is 28.4 Å². The number of rotatable bonds is 6. The fourth-order valence-electron chi connectivity index (χ4n) is 4.30. The number of para-hydroxylation sites is 1. The van der Waals surface area contributed by atoms with Gasteiger partial charge in [0.1, 0.15) is 5.82 Å². The van der Waals surface area contributed by atoms with E-state index >= 15 is 0 Å². The third-order valence-corrected chi connectivity index (χ3v) is 5.98. The molecule has 1 N–H and O–H groups in total. The number of amides is 2. The Morgan fingerprint density at radius 3 is 2.53 bits per heavy atom. The van der Waals surface area contributed by atoms with Gasteiger partial charge in [-0.2, -0.15) is 0 Å². The lowest BCUT2D eigenvalue weighted by Gasteiger charge is -2.24. The molecule has 0 aliphatic carbocycles. The maximum atomic E-state index is 13.7. The number of aromatic amines is 1. The fourth-order valence-corrected chi connectivity index (χ4v) is 4.30. The number of benzene rings is 3. The molecule has 1 saturated heterocycles. The Hall–Kier alpha value is -4.26. The fraction of sp³-hybridized carbons (Fsp3) is 0.185. The quantitative estimate of drug-likeness (QED) is 0.481. The molecular weight excluding hydrogens is 428 g/mol. The number of nitrogens with zero attached hydrogens (tertiary/aromatic N) is 3. The zero-order valence-corrected chi connectivity index (χ0v) is 18.6. The molecule has 0 unspecified atom stereocenters. The normalized spacial score (nSPS) is 13.4. The van der Waals surface area contributed by atoms with Gasteiger partial charge in [-0.25, -0.2) is 4.98 Å². The summed E-state index contributed by atoms with van der Waals surface area (Å²) in [6.07, 6.45) is 1.34. The second-order valence-corrected chi connectivity index (χ2v) is 8.38. The van der Waals surface area contributed by atoms with Crippen LogP contribution in [-0.2, 0) is 17.9 Å². The van der Waals surface area contributed by atoms with Crippen molar-refractivity contribution in [2.75, 3.05) is 11.4 Å². The van der Waals surface area contributed by atoms with E-state index in [1.165, 1.54) is 0 Å². The SMILES string of the molecule is O=C(c1cccc(N2CCCC2=O)c1)N(Cc1ccccc1)Cc1nc2ccccc2c(=O)[nH]1. The van der Waals surface area contributed by atoms with Crippen LogP contribution in [0, 0.1) is 0 Å². The van der Waals surface area contributed by atoms with E-state index in [4.69, 9.17) is 0 Å². The highest BCUT2D eigenvalue weighted by Crippen LogP contribution is 2.23. The zero-order valence-electron chi connectivity index (χ0n) is 18.6. The Morgan fingerprint density at radius 1 is 0.941 bits per heavy atom. The van der Waals surface area contributed by atoms with E-state index in [9.17, 15) is 14.4 Å². The van der Waals surface area contributed by atoms with Crippen LogP contribution >= 0.6 is 0 Å². The molecule has 4 aromatic rings. The first-order valence-corrected chi connectivity index (χ1v) is 11.3. The second kappa shape index (κ2) is 9.31. The third-order valence-electron chi connectivity index (χ3n) is 5.98. The van der Waals surface area contributed by atoms with E-state index in [0.29, 0.717) is 41.8 Å². The Morgan fingerprint density at radius 2 is 1.74 bits per heavy atom. The van der Waals surface area contributed by atoms with Crippen molar-refractivity contribution in [2.45, 2.75) is 25.9 Å². The van der Waals surface area contributed by atoms with Gasteiger partial charge in [-0.3, -0.25) is 14.4 Å². The molecule has 0 saturated carbocycles. The largest absolute Gasteiger partial charge is 0.327 e. The Bertz CT molecular complexity index is 1410. The van der Waals surface area contributed by atoms with Gasteiger partial charge >= 0.3 is 0 Å². The summed E-state index contributed by atoms with van der Waals surface area (Å²) >= 11 is 0. The van der Waals surface area contributed by atoms with Gasteiger partial charge in [-0.1, -0.05) is 48.5 Å². The van der Waals surface area contributed by atoms with E-state index < -0.39 is 0 Å². The van der Waals surface area contributed by atoms with E-state index in [0.717, 1.165) is 17.7 Å². The molecule has 0 atom stereocenters. The number of hydrogen-bond acceptors (Lipinski definition) is 4. The molecule has 1 aromatic heterocycles. The number of H-pyrrole nitrogens is 1. The maximum Gasteiger partial charge on any atom is 0.258 e. The van der Waals surface area contributed by atoms with E-state index in [1.807, 2.05) is 42.5 Å². The molecule has 1 aliphatic rings. The van der Waals surface area contributed by atoms with Gasteiger partial charge in [0.2, 0.25) is 5.91 Å². The zero-order chi connectivity index (χ0) is 23.5. The van der Waals surface area contributed by atoms with E-state index in [2.05, 4.69) is 9.97 Å². The van der Waals surface area contributed by atoms with Crippen LogP contribution in [0.15, 0.2) is 83.7 Å². The standard InChI is InChI=1S/C27H24N4O3/c32-25-14-7-15-31(25)21-11-6-10-20(16-21)27(34)30(17-19-8-2-1-3-9-19)18-24-28-23-13-5-4-12-22(23)26(33)29-24/h1-6,8-13,16H,7,14-15,17-18H2,(H,28,29,33). The Labute approximate surface area is 196 Å². The molecule has 1 aliphatic heterocycles. The molecule has 0 bridgehead atoms. The number of nitrogens with one attached hydrogen (secondary N) is 1. The van der Waals surface area contributed by atoms with Crippen molar-refractivity contribution in [1.29, 1.82) is 0 Å². The lowest BCUT2D eigenvalue weighted by molar-refractivity contribution is -0.117. The van der Waals surface area contributed by atoms with Crippen LogP contribution < -0.4 is 10.5 Å². The molecule has 3 aromatic carbocycles. The van der Waals surface area contributed by atoms with Crippen LogP contribution in [-0.4, -0.2) is 33.2 Å². The summed E-state index contributed by atoms with van der Waals surface area (Å²) in [5, 5.41) is 0.509. The lowest BCUT2D eigenvalue weighted by atomic mass is 10.1. The lowest BCUT2D eigenvalue weighted by Crippen LogP contribution is -2.32. The monoisotopic (exact) mass is 452 g/mol. The molecule has 7 nitrogen and oxygen atoms in total. The van der Waals surface area contributed by atoms with Crippen LogP contribution in [0.25, 0.3) is 10.9 Å². The average molecular weight is 453 g/mol.